The largest absolute Gasteiger partial charge is 0.456 e. The van der Waals surface area contributed by atoms with E-state index in [-0.39, 0.29) is 5.41 Å². The molecule has 0 N–H and O–H groups in total. The molecular formula is C55H36O. The summed E-state index contributed by atoms with van der Waals surface area (Å²) in [7, 11) is 0. The highest BCUT2D eigenvalue weighted by Crippen LogP contribution is 2.53. The van der Waals surface area contributed by atoms with Crippen LogP contribution in [0.5, 0.6) is 0 Å². The van der Waals surface area contributed by atoms with Crippen LogP contribution in [-0.4, -0.2) is 0 Å². The summed E-state index contributed by atoms with van der Waals surface area (Å²) in [4.78, 5) is 0. The topological polar surface area (TPSA) is 13.1 Å². The number of benzene rings is 10. The SMILES string of the molecule is CC1(C)c2cc(-c3ccc4cc(-c5c6ccccc6c(-c6ccccc6)c6ccccc56)ccc4c3)ccc2-c2c1ccc1c2ccc2oc3ccccc3c21. The molecule has 0 unspecified atom stereocenters. The third-order valence-corrected chi connectivity index (χ3v) is 12.6. The molecule has 0 fully saturated rings. The van der Waals surface area contributed by atoms with Crippen molar-refractivity contribution in [2.75, 3.05) is 0 Å². The lowest BCUT2D eigenvalue weighted by Gasteiger charge is -2.22. The van der Waals surface area contributed by atoms with Crippen LogP contribution < -0.4 is 0 Å². The molecule has 0 bridgehead atoms. The molecule has 1 aromatic heterocycles. The third kappa shape index (κ3) is 4.37. The Labute approximate surface area is 325 Å². The van der Waals surface area contributed by atoms with Crippen molar-refractivity contribution in [2.24, 2.45) is 0 Å². The van der Waals surface area contributed by atoms with Gasteiger partial charge in [0.15, 0.2) is 0 Å². The van der Waals surface area contributed by atoms with Gasteiger partial charge in [-0.15, -0.1) is 0 Å². The minimum absolute atomic E-state index is 0.129. The lowest BCUT2D eigenvalue weighted by atomic mass is 9.81. The molecule has 1 aliphatic rings. The molecule has 11 aromatic rings. The van der Waals surface area contributed by atoms with E-state index in [2.05, 4.69) is 190 Å². The number of hydrogen-bond acceptors (Lipinski definition) is 1. The molecule has 262 valence electrons. The first-order valence-electron chi connectivity index (χ1n) is 19.6. The second-order valence-electron chi connectivity index (χ2n) is 16.0. The van der Waals surface area contributed by atoms with Crippen molar-refractivity contribution < 1.29 is 4.42 Å². The fourth-order valence-electron chi connectivity index (χ4n) is 9.98. The Hall–Kier alpha value is -6.96. The summed E-state index contributed by atoms with van der Waals surface area (Å²) in [5, 5.41) is 12.5. The maximum Gasteiger partial charge on any atom is 0.136 e. The molecule has 12 rings (SSSR count). The molecule has 56 heavy (non-hydrogen) atoms. The second kappa shape index (κ2) is 11.5. The molecule has 0 saturated heterocycles. The van der Waals surface area contributed by atoms with Gasteiger partial charge in [-0.05, 0) is 135 Å². The monoisotopic (exact) mass is 712 g/mol. The second-order valence-corrected chi connectivity index (χ2v) is 16.0. The maximum absolute atomic E-state index is 6.27. The first kappa shape index (κ1) is 31.4. The molecule has 1 aliphatic carbocycles. The summed E-state index contributed by atoms with van der Waals surface area (Å²) in [5.74, 6) is 0. The summed E-state index contributed by atoms with van der Waals surface area (Å²) in [6, 6.07) is 67.2. The molecule has 10 aromatic carbocycles. The smallest absolute Gasteiger partial charge is 0.136 e. The predicted octanol–water partition coefficient (Wildman–Crippen LogP) is 15.5. The molecule has 0 atom stereocenters. The summed E-state index contributed by atoms with van der Waals surface area (Å²) < 4.78 is 6.27. The van der Waals surface area contributed by atoms with E-state index < -0.39 is 0 Å². The number of hydrogen-bond donors (Lipinski definition) is 0. The molecule has 1 heterocycles. The van der Waals surface area contributed by atoms with E-state index in [1.165, 1.54) is 109 Å². The van der Waals surface area contributed by atoms with E-state index >= 15 is 0 Å². The Morgan fingerprint density at radius 1 is 0.339 bits per heavy atom. The maximum atomic E-state index is 6.27. The number of para-hydroxylation sites is 1. The van der Waals surface area contributed by atoms with E-state index in [1.807, 2.05) is 6.07 Å². The van der Waals surface area contributed by atoms with Gasteiger partial charge in [-0.25, -0.2) is 0 Å². The van der Waals surface area contributed by atoms with E-state index in [9.17, 15) is 0 Å². The van der Waals surface area contributed by atoms with Crippen molar-refractivity contribution in [3.8, 4) is 44.5 Å². The number of rotatable bonds is 3. The molecule has 0 aliphatic heterocycles. The highest BCUT2D eigenvalue weighted by Gasteiger charge is 2.37. The van der Waals surface area contributed by atoms with Crippen molar-refractivity contribution in [2.45, 2.75) is 19.3 Å². The van der Waals surface area contributed by atoms with Crippen LogP contribution in [0.15, 0.2) is 186 Å². The van der Waals surface area contributed by atoms with Crippen LogP contribution in [0.3, 0.4) is 0 Å². The van der Waals surface area contributed by atoms with Gasteiger partial charge in [-0.1, -0.05) is 159 Å². The van der Waals surface area contributed by atoms with Gasteiger partial charge in [0.1, 0.15) is 11.2 Å². The van der Waals surface area contributed by atoms with Crippen LogP contribution in [0.25, 0.3) is 110 Å². The first-order valence-corrected chi connectivity index (χ1v) is 19.6. The third-order valence-electron chi connectivity index (χ3n) is 12.6. The van der Waals surface area contributed by atoms with Gasteiger partial charge in [-0.2, -0.15) is 0 Å². The van der Waals surface area contributed by atoms with Gasteiger partial charge < -0.3 is 4.42 Å². The quantitative estimate of drug-likeness (QED) is 0.166. The molecular weight excluding hydrogens is 677 g/mol. The lowest BCUT2D eigenvalue weighted by Crippen LogP contribution is -2.15. The standard InChI is InChI=1S/C55H36O/c1-55(2)47-28-26-44-43(27-29-50-54(44)46-18-10-11-19-49(46)56-50)53(47)45-25-24-37(32-48(45)55)35-20-21-36-31-38(23-22-34(36)30-35)52-41-16-8-6-14-39(41)51(33-12-4-3-5-13-33)40-15-7-9-17-42(40)52/h3-32H,1-2H3. The summed E-state index contributed by atoms with van der Waals surface area (Å²) >= 11 is 0. The zero-order valence-electron chi connectivity index (χ0n) is 31.2. The normalized spacial score (nSPS) is 13.3. The van der Waals surface area contributed by atoms with Crippen molar-refractivity contribution in [3.05, 3.63) is 193 Å². The van der Waals surface area contributed by atoms with Crippen LogP contribution in [0.1, 0.15) is 25.0 Å². The van der Waals surface area contributed by atoms with Gasteiger partial charge in [0, 0.05) is 16.2 Å². The molecule has 0 radical (unpaired) electrons. The Kier molecular flexibility index (Phi) is 6.46. The molecule has 0 saturated carbocycles. The highest BCUT2D eigenvalue weighted by atomic mass is 16.3. The zero-order valence-corrected chi connectivity index (χ0v) is 31.2. The van der Waals surface area contributed by atoms with Crippen LogP contribution in [0.2, 0.25) is 0 Å². The average molecular weight is 713 g/mol. The molecule has 1 heteroatoms. The zero-order chi connectivity index (χ0) is 37.1. The van der Waals surface area contributed by atoms with Gasteiger partial charge in [0.25, 0.3) is 0 Å². The Bertz CT molecular complexity index is 3380. The minimum atomic E-state index is -0.129. The summed E-state index contributed by atoms with van der Waals surface area (Å²) in [6.45, 7) is 4.75. The highest BCUT2D eigenvalue weighted by molar-refractivity contribution is 6.23. The summed E-state index contributed by atoms with van der Waals surface area (Å²) in [6.07, 6.45) is 0. The molecule has 0 spiro atoms. The van der Waals surface area contributed by atoms with Crippen LogP contribution >= 0.6 is 0 Å². The predicted molar refractivity (Wildman–Crippen MR) is 238 cm³/mol. The van der Waals surface area contributed by atoms with Gasteiger partial charge in [0.2, 0.25) is 0 Å². The van der Waals surface area contributed by atoms with Crippen molar-refractivity contribution in [1.29, 1.82) is 0 Å². The molecule has 1 nitrogen and oxygen atoms in total. The lowest BCUT2D eigenvalue weighted by molar-refractivity contribution is 0.661. The number of fused-ring (bicyclic) bond motifs is 12. The van der Waals surface area contributed by atoms with Crippen molar-refractivity contribution in [3.63, 3.8) is 0 Å². The van der Waals surface area contributed by atoms with E-state index in [0.29, 0.717) is 0 Å². The van der Waals surface area contributed by atoms with Crippen molar-refractivity contribution >= 4 is 65.0 Å². The van der Waals surface area contributed by atoms with Gasteiger partial charge in [0.05, 0.1) is 0 Å². The first-order chi connectivity index (χ1) is 27.5. The van der Waals surface area contributed by atoms with Crippen LogP contribution in [-0.2, 0) is 5.41 Å². The molecule has 0 amide bonds. The fraction of sp³-hybridized carbons (Fsp3) is 0.0545. The number of furan rings is 1. The van der Waals surface area contributed by atoms with Gasteiger partial charge >= 0.3 is 0 Å². The van der Waals surface area contributed by atoms with E-state index in [1.54, 1.807) is 0 Å². The average Bonchev–Trinajstić information content (AvgIpc) is 3.74. The van der Waals surface area contributed by atoms with Crippen LogP contribution in [0.4, 0.5) is 0 Å². The van der Waals surface area contributed by atoms with E-state index in [4.69, 9.17) is 4.42 Å². The van der Waals surface area contributed by atoms with Crippen molar-refractivity contribution in [1.82, 2.24) is 0 Å². The van der Waals surface area contributed by atoms with Crippen LogP contribution in [0, 0.1) is 0 Å². The van der Waals surface area contributed by atoms with Gasteiger partial charge in [-0.3, -0.25) is 0 Å². The van der Waals surface area contributed by atoms with E-state index in [0.717, 1.165) is 11.2 Å². The Balaban J connectivity index is 0.973. The Morgan fingerprint density at radius 3 is 1.59 bits per heavy atom. The Morgan fingerprint density at radius 2 is 0.875 bits per heavy atom. The fourth-order valence-corrected chi connectivity index (χ4v) is 9.98. The summed E-state index contributed by atoms with van der Waals surface area (Å²) in [5.41, 5.74) is 14.7. The minimum Gasteiger partial charge on any atom is -0.456 e.